The van der Waals surface area contributed by atoms with Crippen molar-refractivity contribution in [3.63, 3.8) is 0 Å². The fraction of sp³-hybridized carbons (Fsp3) is 0.564. The van der Waals surface area contributed by atoms with Crippen molar-refractivity contribution < 1.29 is 28.7 Å². The molecule has 4 aliphatic heterocycles. The van der Waals surface area contributed by atoms with Crippen molar-refractivity contribution in [1.82, 2.24) is 45.0 Å². The number of thioether (sulfide) groups is 2. The minimum atomic E-state index is -0.717. The van der Waals surface area contributed by atoms with Crippen molar-refractivity contribution in [1.29, 1.82) is 0 Å². The van der Waals surface area contributed by atoms with Crippen LogP contribution in [-0.2, 0) is 19.1 Å². The first-order valence-corrected chi connectivity index (χ1v) is 21.0. The number of carbonyl (C=O) groups excluding carboxylic acids is 4. The lowest BCUT2D eigenvalue weighted by atomic mass is 10.0. The molecule has 0 bridgehead atoms. The molecular weight excluding hydrogens is 755 g/mol. The van der Waals surface area contributed by atoms with Crippen LogP contribution in [0, 0.1) is 17.8 Å². The van der Waals surface area contributed by atoms with Crippen LogP contribution in [-0.4, -0.2) is 108 Å². The van der Waals surface area contributed by atoms with Gasteiger partial charge in [-0.3, -0.25) is 9.59 Å². The maximum absolute atomic E-state index is 13.8. The van der Waals surface area contributed by atoms with Gasteiger partial charge in [-0.1, -0.05) is 46.8 Å². The van der Waals surface area contributed by atoms with Crippen molar-refractivity contribution >= 4 is 63.0 Å². The van der Waals surface area contributed by atoms with E-state index < -0.39 is 24.3 Å². The Hall–Kier alpha value is -4.51. The van der Waals surface area contributed by atoms with Crippen LogP contribution in [0.4, 0.5) is 9.59 Å². The second-order valence-corrected chi connectivity index (χ2v) is 18.3. The Labute approximate surface area is 335 Å². The van der Waals surface area contributed by atoms with Gasteiger partial charge < -0.3 is 34.9 Å². The summed E-state index contributed by atoms with van der Waals surface area (Å²) in [6.45, 7) is 12.3. The van der Waals surface area contributed by atoms with E-state index in [1.807, 2.05) is 69.7 Å². The minimum Gasteiger partial charge on any atom is -0.453 e. The standard InChI is InChI=1S/C39H51N9O6S2/c1-19(2)32(43-38(51)53-7)36(49)46-18-21(5)13-26(46)35-42-31-14-23(11-12-47(31)45-35)27-15-29-30(55-27)16-28(56-29)24-17-40-34(41-24)25-10-9-22(6)48(25)37(50)33(20(3)4)44-39(52)54-8/h11-12,14-17,19-22,25-26,29-30,32-33H,9-10,13,18H2,1-8H3,(H,40,41)(H,43,51)(H,44,52)/t21-,22-,25-,26-,29?,30?,32+,33+/m0/s1. The molecule has 3 aromatic heterocycles. The molecule has 4 aliphatic rings. The predicted octanol–water partition coefficient (Wildman–Crippen LogP) is 5.79. The molecule has 56 heavy (non-hydrogen) atoms. The molecule has 0 spiro atoms. The number of hydrogen-bond acceptors (Lipinski definition) is 11. The number of fused-ring (bicyclic) bond motifs is 2. The molecule has 3 N–H and O–H groups in total. The van der Waals surface area contributed by atoms with E-state index in [2.05, 4.69) is 40.8 Å². The number of nitrogens with zero attached hydrogens (tertiary/aromatic N) is 6. The van der Waals surface area contributed by atoms with Crippen molar-refractivity contribution in [2.24, 2.45) is 17.8 Å². The zero-order valence-corrected chi connectivity index (χ0v) is 34.6. The first kappa shape index (κ1) is 39.7. The number of aromatic nitrogens is 5. The number of nitrogens with one attached hydrogen (secondary N) is 3. The number of aromatic amines is 1. The molecule has 3 aromatic rings. The van der Waals surface area contributed by atoms with Gasteiger partial charge in [0.15, 0.2) is 11.5 Å². The van der Waals surface area contributed by atoms with E-state index in [0.29, 0.717) is 18.0 Å². The SMILES string of the molecule is COC(=O)N[C@@H](C(=O)N1C[C@@H](C)C[C@H]1c1nc2cc(C3=CC4SC(c5cnc([C@@H]6CC[C@H](C)N6C(=O)[C@H](NC(=O)OC)C(C)C)[nH]5)=CC4S3)ccn2n1)C(C)C. The number of hydrogen-bond donors (Lipinski definition) is 3. The van der Waals surface area contributed by atoms with E-state index in [-0.39, 0.29) is 58.2 Å². The van der Waals surface area contributed by atoms with Gasteiger partial charge in [0.05, 0.1) is 38.2 Å². The van der Waals surface area contributed by atoms with E-state index in [1.165, 1.54) is 19.1 Å². The average molecular weight is 806 g/mol. The molecular formula is C39H51N9O6S2. The molecule has 0 saturated carbocycles. The van der Waals surface area contributed by atoms with Gasteiger partial charge in [0, 0.05) is 39.1 Å². The van der Waals surface area contributed by atoms with Gasteiger partial charge in [0.1, 0.15) is 17.9 Å². The predicted molar refractivity (Wildman–Crippen MR) is 215 cm³/mol. The smallest absolute Gasteiger partial charge is 0.407 e. The van der Waals surface area contributed by atoms with Crippen molar-refractivity contribution in [3.05, 3.63) is 59.6 Å². The maximum atomic E-state index is 13.8. The summed E-state index contributed by atoms with van der Waals surface area (Å²) in [6.07, 6.45) is 9.48. The van der Waals surface area contributed by atoms with E-state index in [0.717, 1.165) is 41.2 Å². The molecule has 0 aliphatic carbocycles. The summed E-state index contributed by atoms with van der Waals surface area (Å²) < 4.78 is 11.3. The number of carbonyl (C=O) groups is 4. The summed E-state index contributed by atoms with van der Waals surface area (Å²) in [4.78, 5) is 70.8. The molecule has 4 amide bonds. The van der Waals surface area contributed by atoms with Crippen LogP contribution in [0.25, 0.3) is 15.5 Å². The van der Waals surface area contributed by atoms with Crippen LogP contribution in [0.3, 0.4) is 0 Å². The molecule has 15 nitrogen and oxygen atoms in total. The van der Waals surface area contributed by atoms with Gasteiger partial charge in [-0.2, -0.15) is 0 Å². The minimum absolute atomic E-state index is 0.00864. The quantitative estimate of drug-likeness (QED) is 0.226. The van der Waals surface area contributed by atoms with Crippen LogP contribution < -0.4 is 10.6 Å². The van der Waals surface area contributed by atoms with Gasteiger partial charge >= 0.3 is 12.2 Å². The van der Waals surface area contributed by atoms with Crippen LogP contribution >= 0.6 is 23.5 Å². The highest BCUT2D eigenvalue weighted by Crippen LogP contribution is 2.53. The summed E-state index contributed by atoms with van der Waals surface area (Å²) in [5.74, 6) is 1.06. The summed E-state index contributed by atoms with van der Waals surface area (Å²) in [5, 5.41) is 10.7. The number of likely N-dealkylation sites (tertiary alicyclic amines) is 2. The van der Waals surface area contributed by atoms with Gasteiger partial charge in [-0.25, -0.2) is 24.1 Å². The van der Waals surface area contributed by atoms with Crippen molar-refractivity contribution in [3.8, 4) is 0 Å². The normalized spacial score (nSPS) is 25.7. The number of rotatable bonds is 10. The lowest BCUT2D eigenvalue weighted by Gasteiger charge is -2.32. The Balaban J connectivity index is 1.03. The Morgan fingerprint density at radius 2 is 1.54 bits per heavy atom. The lowest BCUT2D eigenvalue weighted by molar-refractivity contribution is -0.137. The molecule has 2 saturated heterocycles. The van der Waals surface area contributed by atoms with Crippen LogP contribution in [0.15, 0.2) is 36.7 Å². The first-order chi connectivity index (χ1) is 26.8. The van der Waals surface area contributed by atoms with Crippen LogP contribution in [0.1, 0.15) is 95.8 Å². The summed E-state index contributed by atoms with van der Waals surface area (Å²) in [7, 11) is 2.59. The molecule has 0 aromatic carbocycles. The topological polar surface area (TPSA) is 176 Å². The second-order valence-electron chi connectivity index (χ2n) is 15.8. The van der Waals surface area contributed by atoms with E-state index in [4.69, 9.17) is 24.5 Å². The Morgan fingerprint density at radius 3 is 2.20 bits per heavy atom. The Morgan fingerprint density at radius 1 is 0.893 bits per heavy atom. The molecule has 8 atom stereocenters. The molecule has 7 heterocycles. The molecule has 2 fully saturated rings. The number of alkyl carbamates (subject to hydrolysis) is 2. The Bertz CT molecular complexity index is 2060. The monoisotopic (exact) mass is 805 g/mol. The van der Waals surface area contributed by atoms with Gasteiger partial charge in [-0.15, -0.1) is 28.6 Å². The number of amides is 4. The largest absolute Gasteiger partial charge is 0.453 e. The summed E-state index contributed by atoms with van der Waals surface area (Å²) >= 11 is 3.61. The number of imidazole rings is 1. The zero-order valence-electron chi connectivity index (χ0n) is 33.0. The molecule has 2 unspecified atom stereocenters. The average Bonchev–Trinajstić information content (AvgIpc) is 4.02. The molecule has 0 radical (unpaired) electrons. The first-order valence-electron chi connectivity index (χ1n) is 19.3. The van der Waals surface area contributed by atoms with Gasteiger partial charge in [-0.05, 0) is 61.6 Å². The van der Waals surface area contributed by atoms with Crippen molar-refractivity contribution in [2.45, 2.75) is 102 Å². The number of H-pyrrole nitrogens is 1. The second kappa shape index (κ2) is 16.2. The third-order valence-electron chi connectivity index (χ3n) is 11.1. The number of pyridine rings is 1. The van der Waals surface area contributed by atoms with Crippen molar-refractivity contribution in [2.75, 3.05) is 20.8 Å². The third kappa shape index (κ3) is 7.76. The molecule has 17 heteroatoms. The molecule has 7 rings (SSSR count). The maximum Gasteiger partial charge on any atom is 0.407 e. The van der Waals surface area contributed by atoms with Gasteiger partial charge in [0.25, 0.3) is 0 Å². The van der Waals surface area contributed by atoms with E-state index in [9.17, 15) is 19.2 Å². The van der Waals surface area contributed by atoms with E-state index >= 15 is 0 Å². The van der Waals surface area contributed by atoms with Crippen LogP contribution in [0.2, 0.25) is 0 Å². The fourth-order valence-electron chi connectivity index (χ4n) is 8.10. The zero-order chi connectivity index (χ0) is 40.0. The Kier molecular flexibility index (Phi) is 11.5. The number of ether oxygens (including phenoxy) is 2. The lowest BCUT2D eigenvalue weighted by Crippen LogP contribution is -2.52. The highest BCUT2D eigenvalue weighted by Gasteiger charge is 2.43. The molecule has 300 valence electrons. The summed E-state index contributed by atoms with van der Waals surface area (Å²) in [5.41, 5.74) is 2.70. The third-order valence-corrected chi connectivity index (χ3v) is 13.9. The summed E-state index contributed by atoms with van der Waals surface area (Å²) in [6, 6.07) is 2.18. The fourth-order valence-corrected chi connectivity index (χ4v) is 11.0. The van der Waals surface area contributed by atoms with E-state index in [1.54, 1.807) is 21.2 Å². The number of methoxy groups -OCH3 is 2. The van der Waals surface area contributed by atoms with Gasteiger partial charge in [0.2, 0.25) is 11.8 Å². The highest BCUT2D eigenvalue weighted by atomic mass is 32.2. The van der Waals surface area contributed by atoms with Crippen LogP contribution in [0.5, 0.6) is 0 Å². The highest BCUT2D eigenvalue weighted by molar-refractivity contribution is 8.14.